The van der Waals surface area contributed by atoms with Crippen LogP contribution in [-0.2, 0) is 9.59 Å². The van der Waals surface area contributed by atoms with Crippen LogP contribution in [0.4, 0.5) is 0 Å². The molecule has 6 nitrogen and oxygen atoms in total. The molecule has 0 bridgehead atoms. The zero-order valence-electron chi connectivity index (χ0n) is 10.1. The molecule has 1 aliphatic rings. The predicted octanol–water partition coefficient (Wildman–Crippen LogP) is -0.675. The zero-order valence-corrected chi connectivity index (χ0v) is 10.1. The summed E-state index contributed by atoms with van der Waals surface area (Å²) in [6, 6.07) is -1.35. The smallest absolute Gasteiger partial charge is 0.326 e. The molecule has 1 unspecified atom stereocenters. The summed E-state index contributed by atoms with van der Waals surface area (Å²) in [6.45, 7) is 4.18. The molecular weight excluding hydrogens is 224 g/mol. The Balaban J connectivity index is 2.49. The maximum absolute atomic E-state index is 11.7. The van der Waals surface area contributed by atoms with Crippen molar-refractivity contribution >= 4 is 11.9 Å². The van der Waals surface area contributed by atoms with Crippen molar-refractivity contribution in [3.8, 4) is 0 Å². The lowest BCUT2D eigenvalue weighted by atomic mass is 10.0. The molecule has 1 saturated heterocycles. The predicted molar refractivity (Wildman–Crippen MR) is 61.4 cm³/mol. The molecule has 17 heavy (non-hydrogen) atoms. The Morgan fingerprint density at radius 3 is 2.53 bits per heavy atom. The number of carboxylic acids is 1. The van der Waals surface area contributed by atoms with Gasteiger partial charge in [0.15, 0.2) is 0 Å². The van der Waals surface area contributed by atoms with Gasteiger partial charge in [-0.15, -0.1) is 0 Å². The molecule has 98 valence electrons. The van der Waals surface area contributed by atoms with Crippen molar-refractivity contribution in [3.63, 3.8) is 0 Å². The molecular formula is C11H20N2O4. The van der Waals surface area contributed by atoms with Crippen LogP contribution < -0.4 is 10.6 Å². The largest absolute Gasteiger partial charge is 0.480 e. The quantitative estimate of drug-likeness (QED) is 0.514. The van der Waals surface area contributed by atoms with Crippen LogP contribution in [0.25, 0.3) is 0 Å². The van der Waals surface area contributed by atoms with Crippen LogP contribution in [0.1, 0.15) is 26.7 Å². The van der Waals surface area contributed by atoms with E-state index in [0.29, 0.717) is 19.4 Å². The van der Waals surface area contributed by atoms with Gasteiger partial charge in [-0.25, -0.2) is 4.79 Å². The van der Waals surface area contributed by atoms with Gasteiger partial charge < -0.3 is 20.8 Å². The standard InChI is InChI=1S/C11H20N2O4/c1-6(2)3-9(11(16)17)13-10(15)8-4-7(14)5-12-8/h6-9,12,14H,3-5H2,1-2H3,(H,13,15)(H,16,17)/t7?,8-,9-/m0/s1. The minimum absolute atomic E-state index is 0.193. The molecule has 6 heteroatoms. The van der Waals surface area contributed by atoms with E-state index in [1.165, 1.54) is 0 Å². The third-order valence-electron chi connectivity index (χ3n) is 2.75. The fourth-order valence-corrected chi connectivity index (χ4v) is 1.88. The van der Waals surface area contributed by atoms with Crippen LogP contribution in [0.3, 0.4) is 0 Å². The SMILES string of the molecule is CC(C)C[C@H](NC(=O)[C@@H]1CC(O)CN1)C(=O)O. The van der Waals surface area contributed by atoms with Gasteiger partial charge in [0.25, 0.3) is 0 Å². The first-order valence-corrected chi connectivity index (χ1v) is 5.84. The first-order valence-electron chi connectivity index (χ1n) is 5.84. The molecule has 4 N–H and O–H groups in total. The van der Waals surface area contributed by atoms with Gasteiger partial charge in [-0.3, -0.25) is 4.79 Å². The third kappa shape index (κ3) is 4.32. The maximum atomic E-state index is 11.7. The number of aliphatic hydroxyl groups excluding tert-OH is 1. The van der Waals surface area contributed by atoms with Gasteiger partial charge in [-0.05, 0) is 18.8 Å². The molecule has 1 rings (SSSR count). The summed E-state index contributed by atoms with van der Waals surface area (Å²) in [5.74, 6) is -1.18. The van der Waals surface area contributed by atoms with E-state index < -0.39 is 24.2 Å². The molecule has 0 aromatic carbocycles. The lowest BCUT2D eigenvalue weighted by molar-refractivity contribution is -0.142. The molecule has 0 radical (unpaired) electrons. The van der Waals surface area contributed by atoms with E-state index in [2.05, 4.69) is 10.6 Å². The van der Waals surface area contributed by atoms with Crippen molar-refractivity contribution < 1.29 is 19.8 Å². The Kier molecular flexibility index (Phi) is 4.89. The fraction of sp³-hybridized carbons (Fsp3) is 0.818. The van der Waals surface area contributed by atoms with Gasteiger partial charge in [0.1, 0.15) is 6.04 Å². The second-order valence-corrected chi connectivity index (χ2v) is 4.88. The van der Waals surface area contributed by atoms with Gasteiger partial charge in [0.05, 0.1) is 12.1 Å². The molecule has 0 spiro atoms. The van der Waals surface area contributed by atoms with Crippen LogP contribution in [0.2, 0.25) is 0 Å². The number of aliphatic carboxylic acids is 1. The average molecular weight is 244 g/mol. The van der Waals surface area contributed by atoms with Crippen LogP contribution >= 0.6 is 0 Å². The van der Waals surface area contributed by atoms with Crippen LogP contribution in [0.5, 0.6) is 0 Å². The number of hydrogen-bond acceptors (Lipinski definition) is 4. The summed E-state index contributed by atoms with van der Waals surface area (Å²) in [4.78, 5) is 22.7. The second kappa shape index (κ2) is 5.97. The normalized spacial score (nSPS) is 25.9. The number of β-amino-alcohol motifs (C(OH)–C–C–N with tert-alkyl or cyclic N) is 1. The molecule has 1 amide bonds. The number of amides is 1. The number of carbonyl (C=O) groups is 2. The van der Waals surface area contributed by atoms with Crippen molar-refractivity contribution in [1.29, 1.82) is 0 Å². The Morgan fingerprint density at radius 2 is 2.12 bits per heavy atom. The first kappa shape index (κ1) is 13.9. The highest BCUT2D eigenvalue weighted by Crippen LogP contribution is 2.09. The highest BCUT2D eigenvalue weighted by atomic mass is 16.4. The Labute approximate surface area is 100 Å². The molecule has 0 saturated carbocycles. The van der Waals surface area contributed by atoms with Gasteiger partial charge in [0, 0.05) is 6.54 Å². The number of hydrogen-bond donors (Lipinski definition) is 4. The molecule has 0 aromatic rings. The Bertz CT molecular complexity index is 293. The summed E-state index contributed by atoms with van der Waals surface area (Å²) < 4.78 is 0. The Morgan fingerprint density at radius 1 is 1.47 bits per heavy atom. The van der Waals surface area contributed by atoms with Crippen molar-refractivity contribution in [3.05, 3.63) is 0 Å². The number of carboxylic acid groups (broad SMARTS) is 1. The summed E-state index contributed by atoms with van der Waals surface area (Å²) >= 11 is 0. The number of aliphatic hydroxyl groups is 1. The second-order valence-electron chi connectivity index (χ2n) is 4.88. The lowest BCUT2D eigenvalue weighted by Gasteiger charge is -2.18. The molecule has 0 aliphatic carbocycles. The summed E-state index contributed by atoms with van der Waals surface area (Å²) in [5.41, 5.74) is 0. The van der Waals surface area contributed by atoms with E-state index in [4.69, 9.17) is 5.11 Å². The summed E-state index contributed by atoms with van der Waals surface area (Å²) in [7, 11) is 0. The molecule has 0 aromatic heterocycles. The zero-order chi connectivity index (χ0) is 13.0. The van der Waals surface area contributed by atoms with E-state index in [9.17, 15) is 14.7 Å². The van der Waals surface area contributed by atoms with E-state index in [1.807, 2.05) is 13.8 Å². The topological polar surface area (TPSA) is 98.7 Å². The number of carbonyl (C=O) groups excluding carboxylic acids is 1. The molecule has 3 atom stereocenters. The summed E-state index contributed by atoms with van der Waals surface area (Å²) in [5, 5.41) is 23.6. The van der Waals surface area contributed by atoms with Crippen molar-refractivity contribution in [2.75, 3.05) is 6.54 Å². The maximum Gasteiger partial charge on any atom is 0.326 e. The van der Waals surface area contributed by atoms with Crippen LogP contribution in [0.15, 0.2) is 0 Å². The summed E-state index contributed by atoms with van der Waals surface area (Å²) in [6.07, 6.45) is 0.204. The molecule has 1 fully saturated rings. The van der Waals surface area contributed by atoms with Crippen molar-refractivity contribution in [2.45, 2.75) is 44.9 Å². The number of nitrogens with one attached hydrogen (secondary N) is 2. The highest BCUT2D eigenvalue weighted by Gasteiger charge is 2.30. The van der Waals surface area contributed by atoms with Crippen molar-refractivity contribution in [1.82, 2.24) is 10.6 Å². The molecule has 1 heterocycles. The van der Waals surface area contributed by atoms with Crippen LogP contribution in [0, 0.1) is 5.92 Å². The van der Waals surface area contributed by atoms with E-state index in [1.54, 1.807) is 0 Å². The van der Waals surface area contributed by atoms with E-state index >= 15 is 0 Å². The minimum Gasteiger partial charge on any atom is -0.480 e. The van der Waals surface area contributed by atoms with E-state index in [-0.39, 0.29) is 11.8 Å². The highest BCUT2D eigenvalue weighted by molar-refractivity contribution is 5.87. The fourth-order valence-electron chi connectivity index (χ4n) is 1.88. The van der Waals surface area contributed by atoms with E-state index in [0.717, 1.165) is 0 Å². The van der Waals surface area contributed by atoms with Gasteiger partial charge in [-0.1, -0.05) is 13.8 Å². The molecule has 1 aliphatic heterocycles. The van der Waals surface area contributed by atoms with Gasteiger partial charge in [0.2, 0.25) is 5.91 Å². The number of rotatable bonds is 5. The first-order chi connectivity index (χ1) is 7.90. The third-order valence-corrected chi connectivity index (χ3v) is 2.75. The Hall–Kier alpha value is -1.14. The van der Waals surface area contributed by atoms with Crippen molar-refractivity contribution in [2.24, 2.45) is 5.92 Å². The average Bonchev–Trinajstić information content (AvgIpc) is 2.63. The van der Waals surface area contributed by atoms with Crippen LogP contribution in [-0.4, -0.2) is 46.8 Å². The lowest BCUT2D eigenvalue weighted by Crippen LogP contribution is -2.48. The monoisotopic (exact) mass is 244 g/mol. The van der Waals surface area contributed by atoms with Gasteiger partial charge >= 0.3 is 5.97 Å². The minimum atomic E-state index is -1.02. The van der Waals surface area contributed by atoms with Gasteiger partial charge in [-0.2, -0.15) is 0 Å².